The summed E-state index contributed by atoms with van der Waals surface area (Å²) in [6, 6.07) is 0. The van der Waals surface area contributed by atoms with Crippen LogP contribution >= 0.6 is 11.3 Å². The van der Waals surface area contributed by atoms with Gasteiger partial charge in [-0.05, 0) is 18.4 Å². The van der Waals surface area contributed by atoms with Gasteiger partial charge in [0.05, 0.1) is 13.1 Å². The normalized spacial score (nSPS) is 12.1. The van der Waals surface area contributed by atoms with Gasteiger partial charge in [-0.1, -0.05) is 27.7 Å². The lowest BCUT2D eigenvalue weighted by atomic mass is 9.96. The molecule has 0 saturated carbocycles. The number of carboxylic acids is 1. The third kappa shape index (κ3) is 4.74. The van der Waals surface area contributed by atoms with Crippen LogP contribution in [-0.4, -0.2) is 34.0 Å². The Morgan fingerprint density at radius 1 is 1.50 bits per heavy atom. The fourth-order valence-corrected chi connectivity index (χ4v) is 2.66. The van der Waals surface area contributed by atoms with E-state index >= 15 is 0 Å². The Morgan fingerprint density at radius 2 is 2.17 bits per heavy atom. The molecule has 0 spiro atoms. The third-order valence-electron chi connectivity index (χ3n) is 2.55. The first-order valence-electron chi connectivity index (χ1n) is 6.22. The number of hydrogen-bond donors (Lipinski definition) is 1. The average Bonchev–Trinajstić information content (AvgIpc) is 2.64. The molecule has 1 aromatic heterocycles. The second-order valence-electron chi connectivity index (χ2n) is 5.47. The van der Waals surface area contributed by atoms with Crippen LogP contribution in [0.3, 0.4) is 0 Å². The minimum Gasteiger partial charge on any atom is -0.480 e. The summed E-state index contributed by atoms with van der Waals surface area (Å²) < 4.78 is 0. The van der Waals surface area contributed by atoms with Crippen LogP contribution in [0.15, 0.2) is 6.20 Å². The highest BCUT2D eigenvalue weighted by atomic mass is 32.1. The van der Waals surface area contributed by atoms with E-state index in [2.05, 4.69) is 32.7 Å². The van der Waals surface area contributed by atoms with Crippen molar-refractivity contribution in [2.24, 2.45) is 0 Å². The molecule has 0 aliphatic heterocycles. The second-order valence-corrected chi connectivity index (χ2v) is 6.59. The fourth-order valence-electron chi connectivity index (χ4n) is 1.64. The van der Waals surface area contributed by atoms with Gasteiger partial charge in [-0.25, -0.2) is 4.98 Å². The van der Waals surface area contributed by atoms with E-state index in [1.165, 1.54) is 4.88 Å². The zero-order valence-electron chi connectivity index (χ0n) is 11.6. The molecule has 0 aromatic carbocycles. The summed E-state index contributed by atoms with van der Waals surface area (Å²) in [6.07, 6.45) is 2.86. The summed E-state index contributed by atoms with van der Waals surface area (Å²) in [5.74, 6) is -0.781. The molecule has 0 aliphatic carbocycles. The predicted octanol–water partition coefficient (Wildman–Crippen LogP) is 2.74. The third-order valence-corrected chi connectivity index (χ3v) is 3.96. The lowest BCUT2D eigenvalue weighted by molar-refractivity contribution is -0.138. The van der Waals surface area contributed by atoms with Crippen LogP contribution in [-0.2, 0) is 16.8 Å². The first-order chi connectivity index (χ1) is 8.32. The van der Waals surface area contributed by atoms with Crippen molar-refractivity contribution in [3.63, 3.8) is 0 Å². The molecule has 5 heteroatoms. The highest BCUT2D eigenvalue weighted by Crippen LogP contribution is 2.28. The summed E-state index contributed by atoms with van der Waals surface area (Å²) in [7, 11) is 0. The van der Waals surface area contributed by atoms with Gasteiger partial charge in [0.15, 0.2) is 0 Å². The maximum atomic E-state index is 10.8. The zero-order valence-corrected chi connectivity index (χ0v) is 12.4. The molecule has 0 atom stereocenters. The molecular formula is C13H22N2O2S. The topological polar surface area (TPSA) is 53.4 Å². The van der Waals surface area contributed by atoms with Crippen LogP contribution < -0.4 is 0 Å². The van der Waals surface area contributed by atoms with Gasteiger partial charge in [0, 0.05) is 11.1 Å². The van der Waals surface area contributed by atoms with Gasteiger partial charge >= 0.3 is 5.97 Å². The maximum absolute atomic E-state index is 10.8. The quantitative estimate of drug-likeness (QED) is 0.863. The Labute approximate surface area is 113 Å². The summed E-state index contributed by atoms with van der Waals surface area (Å²) >= 11 is 1.68. The number of nitrogens with zero attached hydrogens (tertiary/aromatic N) is 2. The van der Waals surface area contributed by atoms with E-state index in [0.717, 1.165) is 18.0 Å². The molecule has 1 rings (SSSR count). The van der Waals surface area contributed by atoms with Gasteiger partial charge in [-0.15, -0.1) is 11.3 Å². The van der Waals surface area contributed by atoms with E-state index < -0.39 is 5.97 Å². The van der Waals surface area contributed by atoms with Crippen LogP contribution in [0.25, 0.3) is 0 Å². The van der Waals surface area contributed by atoms with Crippen molar-refractivity contribution in [3.05, 3.63) is 16.1 Å². The Balaban J connectivity index is 2.69. The number of hydrogen-bond acceptors (Lipinski definition) is 4. The summed E-state index contributed by atoms with van der Waals surface area (Å²) in [4.78, 5) is 18.3. The van der Waals surface area contributed by atoms with Crippen molar-refractivity contribution in [3.8, 4) is 0 Å². The standard InChI is InChI=1S/C13H22N2O2S/c1-5-6-15(9-12(16)17)8-11-14-7-10(18-11)13(2,3)4/h7H,5-6,8-9H2,1-4H3,(H,16,17). The zero-order chi connectivity index (χ0) is 13.8. The SMILES string of the molecule is CCCN(CC(=O)O)Cc1ncc(C(C)(C)C)s1. The van der Waals surface area contributed by atoms with Crippen LogP contribution in [0.4, 0.5) is 0 Å². The Hall–Kier alpha value is -0.940. The number of thiazole rings is 1. The number of aromatic nitrogens is 1. The van der Waals surface area contributed by atoms with Gasteiger partial charge < -0.3 is 5.11 Å². The molecule has 0 saturated heterocycles. The summed E-state index contributed by atoms with van der Waals surface area (Å²) in [6.45, 7) is 10.0. The lowest BCUT2D eigenvalue weighted by Crippen LogP contribution is -2.29. The highest BCUT2D eigenvalue weighted by Gasteiger charge is 2.18. The van der Waals surface area contributed by atoms with Crippen LogP contribution in [0.2, 0.25) is 0 Å². The summed E-state index contributed by atoms with van der Waals surface area (Å²) in [5, 5.41) is 9.86. The van der Waals surface area contributed by atoms with E-state index in [4.69, 9.17) is 5.11 Å². The first kappa shape index (κ1) is 15.1. The van der Waals surface area contributed by atoms with E-state index in [0.29, 0.717) is 6.54 Å². The molecule has 0 bridgehead atoms. The van der Waals surface area contributed by atoms with Gasteiger partial charge in [0.25, 0.3) is 0 Å². The minimum atomic E-state index is -0.781. The number of aliphatic carboxylic acids is 1. The molecule has 0 radical (unpaired) electrons. The first-order valence-corrected chi connectivity index (χ1v) is 7.04. The van der Waals surface area contributed by atoms with Gasteiger partial charge in [-0.3, -0.25) is 9.69 Å². The monoisotopic (exact) mass is 270 g/mol. The Kier molecular flexibility index (Phi) is 5.28. The largest absolute Gasteiger partial charge is 0.480 e. The smallest absolute Gasteiger partial charge is 0.317 e. The molecule has 18 heavy (non-hydrogen) atoms. The molecule has 102 valence electrons. The molecule has 0 fully saturated rings. The Bertz CT molecular complexity index is 396. The minimum absolute atomic E-state index is 0.0816. The van der Waals surface area contributed by atoms with Crippen molar-refractivity contribution in [1.29, 1.82) is 0 Å². The van der Waals surface area contributed by atoms with Crippen LogP contribution in [0.1, 0.15) is 44.0 Å². The number of rotatable bonds is 6. The second kappa shape index (κ2) is 6.29. The van der Waals surface area contributed by atoms with E-state index in [-0.39, 0.29) is 12.0 Å². The number of carbonyl (C=O) groups is 1. The van der Waals surface area contributed by atoms with Gasteiger partial charge in [-0.2, -0.15) is 0 Å². The maximum Gasteiger partial charge on any atom is 0.317 e. The molecule has 4 nitrogen and oxygen atoms in total. The molecule has 1 heterocycles. The predicted molar refractivity (Wildman–Crippen MR) is 74.0 cm³/mol. The van der Waals surface area contributed by atoms with Crippen molar-refractivity contribution in [1.82, 2.24) is 9.88 Å². The van der Waals surface area contributed by atoms with Gasteiger partial charge in [0.2, 0.25) is 0 Å². The van der Waals surface area contributed by atoms with Crippen molar-refractivity contribution in [2.45, 2.75) is 46.1 Å². The molecular weight excluding hydrogens is 248 g/mol. The highest BCUT2D eigenvalue weighted by molar-refractivity contribution is 7.11. The van der Waals surface area contributed by atoms with Crippen LogP contribution in [0, 0.1) is 0 Å². The molecule has 1 N–H and O–H groups in total. The summed E-state index contributed by atoms with van der Waals surface area (Å²) in [5.41, 5.74) is 0.109. The van der Waals surface area contributed by atoms with Crippen LogP contribution in [0.5, 0.6) is 0 Å². The van der Waals surface area contributed by atoms with E-state index in [9.17, 15) is 4.79 Å². The van der Waals surface area contributed by atoms with Crippen molar-refractivity contribution in [2.75, 3.05) is 13.1 Å². The van der Waals surface area contributed by atoms with E-state index in [1.807, 2.05) is 11.1 Å². The lowest BCUT2D eigenvalue weighted by Gasteiger charge is -2.18. The Morgan fingerprint density at radius 3 is 2.61 bits per heavy atom. The van der Waals surface area contributed by atoms with Gasteiger partial charge in [0.1, 0.15) is 5.01 Å². The number of carboxylic acid groups (broad SMARTS) is 1. The van der Waals surface area contributed by atoms with Crippen molar-refractivity contribution >= 4 is 17.3 Å². The molecule has 0 amide bonds. The van der Waals surface area contributed by atoms with Crippen molar-refractivity contribution < 1.29 is 9.90 Å². The van der Waals surface area contributed by atoms with E-state index in [1.54, 1.807) is 11.3 Å². The fraction of sp³-hybridized carbons (Fsp3) is 0.692. The average molecular weight is 270 g/mol. The molecule has 0 aliphatic rings. The molecule has 0 unspecified atom stereocenters. The molecule has 1 aromatic rings.